The average molecular weight is 458 g/mol. The van der Waals surface area contributed by atoms with E-state index in [4.69, 9.17) is 0 Å². The summed E-state index contributed by atoms with van der Waals surface area (Å²) in [5, 5.41) is 0. The van der Waals surface area contributed by atoms with Crippen LogP contribution in [0, 0.1) is 0 Å². The molecule has 1 rings (SSSR count). The van der Waals surface area contributed by atoms with E-state index in [1.165, 1.54) is 0 Å². The first-order valence-electron chi connectivity index (χ1n) is 6.37. The lowest BCUT2D eigenvalue weighted by atomic mass is 10.1. The molecular formula is C10H6F16N2. The second kappa shape index (κ2) is 5.69. The highest BCUT2D eigenvalue weighted by atomic mass is 19.4. The van der Waals surface area contributed by atoms with Gasteiger partial charge in [-0.2, -0.15) is 65.9 Å². The predicted octanol–water partition coefficient (Wildman–Crippen LogP) is 5.47. The fourth-order valence-corrected chi connectivity index (χ4v) is 2.02. The van der Waals surface area contributed by atoms with Crippen molar-refractivity contribution in [1.29, 1.82) is 0 Å². The van der Waals surface area contributed by atoms with Gasteiger partial charge in [0.25, 0.3) is 0 Å². The first kappa shape index (κ1) is 24.8. The van der Waals surface area contributed by atoms with Gasteiger partial charge in [-0.1, -0.05) is 4.90 Å². The summed E-state index contributed by atoms with van der Waals surface area (Å²) >= 11 is 0. The summed E-state index contributed by atoms with van der Waals surface area (Å²) in [6.07, 6.45) is -7.58. The molecule has 1 heterocycles. The Bertz CT molecular complexity index is 614. The topological polar surface area (TPSA) is 6.48 Å². The van der Waals surface area contributed by atoms with Crippen molar-refractivity contribution in [3.63, 3.8) is 0 Å². The van der Waals surface area contributed by atoms with Gasteiger partial charge in [-0.3, -0.25) is 0 Å². The van der Waals surface area contributed by atoms with Crippen molar-refractivity contribution in [1.82, 2.24) is 9.80 Å². The Labute approximate surface area is 143 Å². The molecule has 18 heteroatoms. The zero-order valence-electron chi connectivity index (χ0n) is 12.9. The van der Waals surface area contributed by atoms with Crippen LogP contribution in [-0.4, -0.2) is 57.9 Å². The fraction of sp³-hybridized carbons (Fsp3) is 1.00. The number of nitrogens with zero attached hydrogens (tertiary/aromatic N) is 2. The molecule has 0 spiro atoms. The molecule has 28 heavy (non-hydrogen) atoms. The van der Waals surface area contributed by atoms with E-state index in [1.807, 2.05) is 0 Å². The van der Waals surface area contributed by atoms with Gasteiger partial charge in [-0.05, 0) is 13.8 Å². The Morgan fingerprint density at radius 2 is 0.786 bits per heavy atom. The quantitative estimate of drug-likeness (QED) is 0.400. The maximum absolute atomic E-state index is 13.7. The summed E-state index contributed by atoms with van der Waals surface area (Å²) in [7, 11) is 0. The van der Waals surface area contributed by atoms with E-state index in [9.17, 15) is 70.2 Å². The van der Waals surface area contributed by atoms with Gasteiger partial charge < -0.3 is 0 Å². The van der Waals surface area contributed by atoms with Crippen LogP contribution in [0.5, 0.6) is 0 Å². The number of rotatable bonds is 2. The Morgan fingerprint density at radius 3 is 1.07 bits per heavy atom. The van der Waals surface area contributed by atoms with Gasteiger partial charge in [0.2, 0.25) is 0 Å². The van der Waals surface area contributed by atoms with Crippen molar-refractivity contribution in [2.75, 3.05) is 0 Å². The van der Waals surface area contributed by atoms with Crippen LogP contribution in [0.15, 0.2) is 0 Å². The van der Waals surface area contributed by atoms with Crippen LogP contribution in [0.4, 0.5) is 70.2 Å². The molecule has 0 amide bonds. The lowest BCUT2D eigenvalue weighted by molar-refractivity contribution is -0.474. The maximum Gasteiger partial charge on any atom is 0.469 e. The summed E-state index contributed by atoms with van der Waals surface area (Å²) in [6, 6.07) is -38.2. The smallest absolute Gasteiger partial charge is 0.236 e. The second-order valence-corrected chi connectivity index (χ2v) is 5.89. The van der Waals surface area contributed by atoms with E-state index < -0.39 is 71.8 Å². The summed E-state index contributed by atoms with van der Waals surface area (Å²) in [6.45, 7) is -1.17. The highest BCUT2D eigenvalue weighted by molar-refractivity contribution is 5.10. The Hall–Kier alpha value is -1.20. The first-order valence-corrected chi connectivity index (χ1v) is 6.37. The molecule has 0 aromatic heterocycles. The van der Waals surface area contributed by atoms with E-state index in [-0.39, 0.29) is 0 Å². The summed E-state index contributed by atoms with van der Waals surface area (Å²) < 4.78 is 214. The molecule has 0 atom stereocenters. The molecule has 0 radical (unpaired) electrons. The van der Waals surface area contributed by atoms with Gasteiger partial charge in [0.1, 0.15) is 0 Å². The van der Waals surface area contributed by atoms with Gasteiger partial charge in [0.15, 0.2) is 5.67 Å². The van der Waals surface area contributed by atoms with Crippen molar-refractivity contribution in [3.05, 3.63) is 0 Å². The zero-order chi connectivity index (χ0) is 23.2. The SMILES string of the molecule is CC(C)(F)C(F)(F)N1C(F)(F)C(F)(F)N(C(F)(F)F)C(F)(F)C(F)(F)C1(F)F. The summed E-state index contributed by atoms with van der Waals surface area (Å²) in [5.74, 6) is -7.95. The first-order chi connectivity index (χ1) is 11.7. The molecule has 1 aliphatic heterocycles. The zero-order valence-corrected chi connectivity index (χ0v) is 12.9. The molecule has 0 bridgehead atoms. The maximum atomic E-state index is 13.7. The minimum atomic E-state index is -7.95. The minimum absolute atomic E-state index is 0.583. The van der Waals surface area contributed by atoms with Gasteiger partial charge in [-0.15, -0.1) is 4.90 Å². The molecule has 0 saturated carbocycles. The van der Waals surface area contributed by atoms with Crippen molar-refractivity contribution in [2.45, 2.75) is 62.0 Å². The summed E-state index contributed by atoms with van der Waals surface area (Å²) in [4.78, 5) is -8.24. The van der Waals surface area contributed by atoms with Gasteiger partial charge in [0, 0.05) is 0 Å². The predicted molar refractivity (Wildman–Crippen MR) is 54.6 cm³/mol. The highest BCUT2D eigenvalue weighted by Gasteiger charge is 2.94. The minimum Gasteiger partial charge on any atom is -0.236 e. The Balaban J connectivity index is 4.15. The van der Waals surface area contributed by atoms with E-state index in [2.05, 4.69) is 0 Å². The molecule has 0 unspecified atom stereocenters. The van der Waals surface area contributed by atoms with Gasteiger partial charge >= 0.3 is 42.5 Å². The molecular weight excluding hydrogens is 452 g/mol. The Morgan fingerprint density at radius 1 is 0.500 bits per heavy atom. The van der Waals surface area contributed by atoms with Gasteiger partial charge in [0.05, 0.1) is 0 Å². The van der Waals surface area contributed by atoms with Gasteiger partial charge in [-0.25, -0.2) is 4.39 Å². The van der Waals surface area contributed by atoms with Crippen LogP contribution in [0.2, 0.25) is 0 Å². The molecule has 0 N–H and O–H groups in total. The molecule has 2 nitrogen and oxygen atoms in total. The van der Waals surface area contributed by atoms with E-state index in [1.54, 1.807) is 0 Å². The molecule has 0 aromatic rings. The molecule has 1 fully saturated rings. The molecule has 1 saturated heterocycles. The molecule has 0 aliphatic carbocycles. The third-order valence-corrected chi connectivity index (χ3v) is 3.49. The highest BCUT2D eigenvalue weighted by Crippen LogP contribution is 2.64. The molecule has 0 aromatic carbocycles. The number of hydrogen-bond acceptors (Lipinski definition) is 2. The number of hydrogen-bond donors (Lipinski definition) is 0. The summed E-state index contributed by atoms with van der Waals surface area (Å²) in [5.41, 5.74) is -4.84. The monoisotopic (exact) mass is 458 g/mol. The van der Waals surface area contributed by atoms with Crippen molar-refractivity contribution >= 4 is 0 Å². The third kappa shape index (κ3) is 2.80. The van der Waals surface area contributed by atoms with Crippen LogP contribution >= 0.6 is 0 Å². The fourth-order valence-electron chi connectivity index (χ4n) is 2.02. The normalized spacial score (nSPS) is 28.1. The van der Waals surface area contributed by atoms with Crippen LogP contribution in [-0.2, 0) is 0 Å². The van der Waals surface area contributed by atoms with Crippen LogP contribution in [0.25, 0.3) is 0 Å². The largest absolute Gasteiger partial charge is 0.469 e. The average Bonchev–Trinajstić information content (AvgIpc) is 2.32. The van der Waals surface area contributed by atoms with Crippen molar-refractivity contribution in [2.24, 2.45) is 0 Å². The van der Waals surface area contributed by atoms with Crippen LogP contribution in [0.3, 0.4) is 0 Å². The number of alkyl halides is 16. The van der Waals surface area contributed by atoms with Crippen LogP contribution in [0.1, 0.15) is 13.8 Å². The van der Waals surface area contributed by atoms with E-state index in [0.717, 1.165) is 0 Å². The molecule has 168 valence electrons. The van der Waals surface area contributed by atoms with E-state index in [0.29, 0.717) is 0 Å². The number of halogens is 16. The van der Waals surface area contributed by atoms with E-state index >= 15 is 0 Å². The standard InChI is InChI=1S/C10H6F16N2/c1-3(2,11)5(14,15)27-6(16,17)4(12,13)7(18,19)28(10(24,25)26)9(22,23)8(27,20)21/h1-2H3. The lowest BCUT2D eigenvalue weighted by Crippen LogP contribution is -2.73. The lowest BCUT2D eigenvalue weighted by Gasteiger charge is -2.45. The molecule has 1 aliphatic rings. The Kier molecular flexibility index (Phi) is 5.05. The van der Waals surface area contributed by atoms with Crippen LogP contribution < -0.4 is 0 Å². The van der Waals surface area contributed by atoms with Crippen molar-refractivity contribution < 1.29 is 70.2 Å². The second-order valence-electron chi connectivity index (χ2n) is 5.89. The van der Waals surface area contributed by atoms with Crippen molar-refractivity contribution in [3.8, 4) is 0 Å². The third-order valence-electron chi connectivity index (χ3n) is 3.49.